The molecule has 7 heteroatoms. The van der Waals surface area contributed by atoms with Crippen LogP contribution in [0.25, 0.3) is 11.1 Å². The average molecular weight is 346 g/mol. The molecule has 0 aliphatic carbocycles. The van der Waals surface area contributed by atoms with Gasteiger partial charge in [0.1, 0.15) is 11.6 Å². The lowest BCUT2D eigenvalue weighted by Crippen LogP contribution is -2.46. The highest BCUT2D eigenvalue weighted by molar-refractivity contribution is 5.67. The van der Waals surface area contributed by atoms with Gasteiger partial charge in [0.2, 0.25) is 5.95 Å². The van der Waals surface area contributed by atoms with E-state index < -0.39 is 0 Å². The molecule has 0 bridgehead atoms. The average Bonchev–Trinajstić information content (AvgIpc) is 2.61. The molecule has 1 atom stereocenters. The van der Waals surface area contributed by atoms with E-state index in [0.717, 1.165) is 18.8 Å². The summed E-state index contributed by atoms with van der Waals surface area (Å²) in [7, 11) is 3.59. The van der Waals surface area contributed by atoms with Crippen LogP contribution < -0.4 is 10.1 Å². The van der Waals surface area contributed by atoms with Crippen LogP contribution in [0.4, 0.5) is 10.3 Å². The summed E-state index contributed by atoms with van der Waals surface area (Å²) in [5, 5.41) is 3.24. The molecule has 25 heavy (non-hydrogen) atoms. The first-order chi connectivity index (χ1) is 12.1. The van der Waals surface area contributed by atoms with Crippen LogP contribution in [0.15, 0.2) is 24.4 Å². The van der Waals surface area contributed by atoms with Crippen LogP contribution in [0.3, 0.4) is 0 Å². The molecule has 1 N–H and O–H groups in total. The number of nitrogens with one attached hydrogen (secondary N) is 1. The summed E-state index contributed by atoms with van der Waals surface area (Å²) >= 11 is 0. The highest BCUT2D eigenvalue weighted by atomic mass is 19.1. The minimum atomic E-state index is -0.354. The van der Waals surface area contributed by atoms with Gasteiger partial charge in [0.25, 0.3) is 0 Å². The van der Waals surface area contributed by atoms with Crippen LogP contribution in [0.5, 0.6) is 5.75 Å². The van der Waals surface area contributed by atoms with Gasteiger partial charge in [0.05, 0.1) is 32.1 Å². The number of morpholine rings is 1. The Morgan fingerprint density at radius 3 is 2.92 bits per heavy atom. The van der Waals surface area contributed by atoms with E-state index in [1.807, 2.05) is 6.92 Å². The van der Waals surface area contributed by atoms with Gasteiger partial charge in [-0.15, -0.1) is 0 Å². The van der Waals surface area contributed by atoms with Gasteiger partial charge in [-0.2, -0.15) is 0 Å². The molecule has 6 nitrogen and oxygen atoms in total. The monoisotopic (exact) mass is 346 g/mol. The van der Waals surface area contributed by atoms with Crippen LogP contribution in [0, 0.1) is 12.7 Å². The van der Waals surface area contributed by atoms with Crippen molar-refractivity contribution in [2.45, 2.75) is 13.0 Å². The molecule has 1 aliphatic rings. The first-order valence-electron chi connectivity index (χ1n) is 8.28. The van der Waals surface area contributed by atoms with E-state index in [9.17, 15) is 4.39 Å². The van der Waals surface area contributed by atoms with Crippen LogP contribution in [-0.4, -0.2) is 61.4 Å². The standard InChI is InChI=1S/C18H23FN4O2/c1-12-16(15-5-4-14(24-3)8-17(15)19)10-21-18(22-12)20-9-13-11-25-7-6-23(13)2/h4-5,8,10,13H,6-7,9,11H2,1-3H3,(H,20,21,22). The highest BCUT2D eigenvalue weighted by Crippen LogP contribution is 2.28. The molecule has 0 saturated carbocycles. The molecule has 1 fully saturated rings. The summed E-state index contributed by atoms with van der Waals surface area (Å²) in [6.45, 7) is 4.93. The fraction of sp³-hybridized carbons (Fsp3) is 0.444. The van der Waals surface area contributed by atoms with Crippen molar-refractivity contribution in [2.75, 3.05) is 45.8 Å². The molecule has 1 aliphatic heterocycles. The Kier molecular flexibility index (Phi) is 5.45. The van der Waals surface area contributed by atoms with E-state index in [1.54, 1.807) is 18.3 Å². The van der Waals surface area contributed by atoms with Crippen molar-refractivity contribution in [3.63, 3.8) is 0 Å². The quantitative estimate of drug-likeness (QED) is 0.897. The number of methoxy groups -OCH3 is 1. The second kappa shape index (κ2) is 7.76. The number of aryl methyl sites for hydroxylation is 1. The maximum absolute atomic E-state index is 14.3. The van der Waals surface area contributed by atoms with Gasteiger partial charge in [-0.25, -0.2) is 14.4 Å². The summed E-state index contributed by atoms with van der Waals surface area (Å²) in [6.07, 6.45) is 1.65. The molecule has 1 unspecified atom stereocenters. The number of rotatable bonds is 5. The topological polar surface area (TPSA) is 59.5 Å². The van der Waals surface area contributed by atoms with Crippen molar-refractivity contribution in [2.24, 2.45) is 0 Å². The third-order valence-corrected chi connectivity index (χ3v) is 4.46. The summed E-state index contributed by atoms with van der Waals surface area (Å²) in [4.78, 5) is 11.0. The maximum atomic E-state index is 14.3. The Balaban J connectivity index is 1.72. The molecule has 3 rings (SSSR count). The minimum Gasteiger partial charge on any atom is -0.497 e. The Hall–Kier alpha value is -2.25. The maximum Gasteiger partial charge on any atom is 0.222 e. The SMILES string of the molecule is COc1ccc(-c2cnc(NCC3COCCN3C)nc2C)c(F)c1. The number of benzene rings is 1. The lowest BCUT2D eigenvalue weighted by atomic mass is 10.1. The number of hydrogen-bond donors (Lipinski definition) is 1. The zero-order chi connectivity index (χ0) is 17.8. The summed E-state index contributed by atoms with van der Waals surface area (Å²) in [5.41, 5.74) is 1.85. The van der Waals surface area contributed by atoms with Gasteiger partial charge in [-0.1, -0.05) is 0 Å². The number of ether oxygens (including phenoxy) is 2. The predicted octanol–water partition coefficient (Wildman–Crippen LogP) is 2.34. The van der Waals surface area contributed by atoms with Crippen molar-refractivity contribution in [1.82, 2.24) is 14.9 Å². The Bertz CT molecular complexity index is 741. The number of aromatic nitrogens is 2. The van der Waals surface area contributed by atoms with E-state index in [4.69, 9.17) is 9.47 Å². The summed E-state index contributed by atoms with van der Waals surface area (Å²) in [6, 6.07) is 5.06. The molecule has 134 valence electrons. The lowest BCUT2D eigenvalue weighted by molar-refractivity contribution is 0.0109. The summed E-state index contributed by atoms with van der Waals surface area (Å²) in [5.74, 6) is 0.666. The van der Waals surface area contributed by atoms with Crippen LogP contribution in [0.1, 0.15) is 5.69 Å². The van der Waals surface area contributed by atoms with Crippen molar-refractivity contribution >= 4 is 5.95 Å². The second-order valence-electron chi connectivity index (χ2n) is 6.13. The minimum absolute atomic E-state index is 0.288. The lowest BCUT2D eigenvalue weighted by Gasteiger charge is -2.32. The zero-order valence-corrected chi connectivity index (χ0v) is 14.8. The molecule has 0 spiro atoms. The number of likely N-dealkylation sites (N-methyl/N-ethyl adjacent to an activating group) is 1. The molecule has 1 aromatic heterocycles. The van der Waals surface area contributed by atoms with Gasteiger partial charge < -0.3 is 14.8 Å². The van der Waals surface area contributed by atoms with E-state index in [-0.39, 0.29) is 11.9 Å². The van der Waals surface area contributed by atoms with E-state index in [0.29, 0.717) is 36.0 Å². The van der Waals surface area contributed by atoms with E-state index >= 15 is 0 Å². The number of halogens is 1. The third-order valence-electron chi connectivity index (χ3n) is 4.46. The summed E-state index contributed by atoms with van der Waals surface area (Å²) < 4.78 is 24.8. The van der Waals surface area contributed by atoms with Gasteiger partial charge in [0.15, 0.2) is 0 Å². The molecular formula is C18H23FN4O2. The van der Waals surface area contributed by atoms with Crippen LogP contribution in [-0.2, 0) is 4.74 Å². The first-order valence-corrected chi connectivity index (χ1v) is 8.28. The number of nitrogens with zero attached hydrogens (tertiary/aromatic N) is 3. The normalized spacial score (nSPS) is 18.2. The molecule has 0 radical (unpaired) electrons. The van der Waals surface area contributed by atoms with Crippen molar-refractivity contribution in [1.29, 1.82) is 0 Å². The van der Waals surface area contributed by atoms with Crippen molar-refractivity contribution < 1.29 is 13.9 Å². The van der Waals surface area contributed by atoms with Crippen molar-refractivity contribution in [3.8, 4) is 16.9 Å². The van der Waals surface area contributed by atoms with Gasteiger partial charge >= 0.3 is 0 Å². The largest absolute Gasteiger partial charge is 0.497 e. The fourth-order valence-electron chi connectivity index (χ4n) is 2.82. The Labute approximate surface area is 147 Å². The number of anilines is 1. The zero-order valence-electron chi connectivity index (χ0n) is 14.8. The van der Waals surface area contributed by atoms with E-state index in [2.05, 4.69) is 27.2 Å². The Morgan fingerprint density at radius 2 is 2.24 bits per heavy atom. The van der Waals surface area contributed by atoms with Crippen molar-refractivity contribution in [3.05, 3.63) is 35.9 Å². The Morgan fingerprint density at radius 1 is 1.40 bits per heavy atom. The molecule has 2 aromatic rings. The smallest absolute Gasteiger partial charge is 0.222 e. The molecule has 1 saturated heterocycles. The first kappa shape index (κ1) is 17.6. The molecular weight excluding hydrogens is 323 g/mol. The van der Waals surface area contributed by atoms with Crippen LogP contribution >= 0.6 is 0 Å². The van der Waals surface area contributed by atoms with Crippen LogP contribution in [0.2, 0.25) is 0 Å². The van der Waals surface area contributed by atoms with Gasteiger partial charge in [-0.3, -0.25) is 4.90 Å². The third kappa shape index (κ3) is 4.05. The number of hydrogen-bond acceptors (Lipinski definition) is 6. The van der Waals surface area contributed by atoms with E-state index in [1.165, 1.54) is 13.2 Å². The van der Waals surface area contributed by atoms with Gasteiger partial charge in [0, 0.05) is 36.5 Å². The van der Waals surface area contributed by atoms with Gasteiger partial charge in [-0.05, 0) is 26.1 Å². The molecule has 2 heterocycles. The predicted molar refractivity (Wildman–Crippen MR) is 94.4 cm³/mol. The molecule has 1 aromatic carbocycles. The second-order valence-corrected chi connectivity index (χ2v) is 6.13. The highest BCUT2D eigenvalue weighted by Gasteiger charge is 2.19. The molecule has 0 amide bonds. The fourth-order valence-corrected chi connectivity index (χ4v) is 2.82.